The molecule has 116 valence electrons. The van der Waals surface area contributed by atoms with Crippen LogP contribution in [0, 0.1) is 0 Å². The van der Waals surface area contributed by atoms with Crippen LogP contribution in [0.3, 0.4) is 0 Å². The Labute approximate surface area is 132 Å². The lowest BCUT2D eigenvalue weighted by Gasteiger charge is -2.22. The average molecular weight is 296 g/mol. The summed E-state index contributed by atoms with van der Waals surface area (Å²) in [6, 6.07) is 12.4. The van der Waals surface area contributed by atoms with Crippen molar-refractivity contribution in [3.63, 3.8) is 0 Å². The summed E-state index contributed by atoms with van der Waals surface area (Å²) in [5.74, 6) is 0.492. The Morgan fingerprint density at radius 3 is 2.77 bits per heavy atom. The molecule has 4 N–H and O–H groups in total. The molecule has 0 spiro atoms. The quantitative estimate of drug-likeness (QED) is 0.602. The molecule has 0 bridgehead atoms. The van der Waals surface area contributed by atoms with Gasteiger partial charge in [0.2, 0.25) is 0 Å². The van der Waals surface area contributed by atoms with Crippen LogP contribution in [0.5, 0.6) is 5.75 Å². The Hall–Kier alpha value is -2.00. The number of hydrogen-bond donors (Lipinski definition) is 3. The van der Waals surface area contributed by atoms with Gasteiger partial charge in [-0.05, 0) is 47.7 Å². The van der Waals surface area contributed by atoms with Crippen LogP contribution in [0.1, 0.15) is 41.5 Å². The minimum absolute atomic E-state index is 0.227. The van der Waals surface area contributed by atoms with Gasteiger partial charge in [0.25, 0.3) is 0 Å². The molecule has 3 rings (SSSR count). The zero-order chi connectivity index (χ0) is 15.5. The van der Waals surface area contributed by atoms with E-state index in [1.165, 1.54) is 16.7 Å². The molecule has 2 aromatic carbocycles. The van der Waals surface area contributed by atoms with E-state index in [2.05, 4.69) is 36.5 Å². The molecular formula is C19H24N2O. The first kappa shape index (κ1) is 14.9. The lowest BCUT2D eigenvalue weighted by atomic mass is 9.84. The van der Waals surface area contributed by atoms with Crippen molar-refractivity contribution in [2.45, 2.75) is 32.1 Å². The zero-order valence-corrected chi connectivity index (χ0v) is 13.1. The Kier molecular flexibility index (Phi) is 4.34. The van der Waals surface area contributed by atoms with Crippen molar-refractivity contribution in [2.75, 3.05) is 18.8 Å². The number of anilines is 1. The van der Waals surface area contributed by atoms with Crippen LogP contribution in [0.25, 0.3) is 0 Å². The SMILES string of the molecule is CCCc1c(N)c(O)cc2c1CCNCC2c1ccccc1. The standard InChI is InChI=1S/C19H24N2O/c1-2-6-15-14-9-10-21-12-17(13-7-4-3-5-8-13)16(14)11-18(22)19(15)20/h3-5,7-8,11,17,21-22H,2,6,9-10,12,20H2,1H3. The third-order valence-electron chi connectivity index (χ3n) is 4.58. The average Bonchev–Trinajstić information content (AvgIpc) is 2.75. The topological polar surface area (TPSA) is 58.3 Å². The van der Waals surface area contributed by atoms with Crippen molar-refractivity contribution in [1.29, 1.82) is 0 Å². The number of rotatable bonds is 3. The largest absolute Gasteiger partial charge is 0.506 e. The van der Waals surface area contributed by atoms with Crippen molar-refractivity contribution in [1.82, 2.24) is 5.32 Å². The smallest absolute Gasteiger partial charge is 0.139 e. The highest BCUT2D eigenvalue weighted by molar-refractivity contribution is 5.65. The first-order valence-corrected chi connectivity index (χ1v) is 8.11. The van der Waals surface area contributed by atoms with Crippen LogP contribution in [0.2, 0.25) is 0 Å². The van der Waals surface area contributed by atoms with Gasteiger partial charge in [0.05, 0.1) is 5.69 Å². The molecule has 22 heavy (non-hydrogen) atoms. The van der Waals surface area contributed by atoms with E-state index < -0.39 is 0 Å². The zero-order valence-electron chi connectivity index (χ0n) is 13.1. The molecule has 0 saturated heterocycles. The molecule has 1 heterocycles. The highest BCUT2D eigenvalue weighted by atomic mass is 16.3. The molecule has 2 aromatic rings. The first-order valence-electron chi connectivity index (χ1n) is 8.11. The molecule has 0 amide bonds. The van der Waals surface area contributed by atoms with E-state index in [0.717, 1.165) is 37.9 Å². The van der Waals surface area contributed by atoms with Gasteiger partial charge in [-0.2, -0.15) is 0 Å². The summed E-state index contributed by atoms with van der Waals surface area (Å²) in [4.78, 5) is 0. The van der Waals surface area contributed by atoms with Crippen molar-refractivity contribution >= 4 is 5.69 Å². The van der Waals surface area contributed by atoms with Crippen LogP contribution in [0.4, 0.5) is 5.69 Å². The minimum Gasteiger partial charge on any atom is -0.506 e. The summed E-state index contributed by atoms with van der Waals surface area (Å²) >= 11 is 0. The first-order chi connectivity index (χ1) is 10.7. The number of phenols is 1. The third kappa shape index (κ3) is 2.69. The number of hydrogen-bond acceptors (Lipinski definition) is 3. The monoisotopic (exact) mass is 296 g/mol. The van der Waals surface area contributed by atoms with Gasteiger partial charge < -0.3 is 16.2 Å². The number of nitrogens with two attached hydrogens (primary N) is 1. The number of aromatic hydroxyl groups is 1. The molecule has 0 aliphatic carbocycles. The van der Waals surface area contributed by atoms with Gasteiger partial charge in [0.15, 0.2) is 0 Å². The molecule has 1 unspecified atom stereocenters. The van der Waals surface area contributed by atoms with Gasteiger partial charge in [0.1, 0.15) is 5.75 Å². The predicted molar refractivity (Wildman–Crippen MR) is 91.4 cm³/mol. The number of nitrogen functional groups attached to an aromatic ring is 1. The Balaban J connectivity index is 2.16. The lowest BCUT2D eigenvalue weighted by molar-refractivity contribution is 0.475. The van der Waals surface area contributed by atoms with Crippen LogP contribution < -0.4 is 11.1 Å². The molecule has 3 nitrogen and oxygen atoms in total. The number of nitrogens with one attached hydrogen (secondary N) is 1. The maximum atomic E-state index is 10.3. The maximum Gasteiger partial charge on any atom is 0.139 e. The summed E-state index contributed by atoms with van der Waals surface area (Å²) in [5.41, 5.74) is 11.7. The minimum atomic E-state index is 0.227. The van der Waals surface area contributed by atoms with Gasteiger partial charge in [-0.3, -0.25) is 0 Å². The number of phenolic OH excluding ortho intramolecular Hbond substituents is 1. The predicted octanol–water partition coefficient (Wildman–Crippen LogP) is 3.20. The fourth-order valence-corrected chi connectivity index (χ4v) is 3.50. The van der Waals surface area contributed by atoms with Crippen LogP contribution >= 0.6 is 0 Å². The van der Waals surface area contributed by atoms with E-state index >= 15 is 0 Å². The molecule has 0 fully saturated rings. The molecule has 1 aliphatic heterocycles. The van der Waals surface area contributed by atoms with E-state index in [-0.39, 0.29) is 11.7 Å². The Bertz CT molecular complexity index is 652. The van der Waals surface area contributed by atoms with E-state index in [9.17, 15) is 5.11 Å². The van der Waals surface area contributed by atoms with Gasteiger partial charge in [-0.15, -0.1) is 0 Å². The fourth-order valence-electron chi connectivity index (χ4n) is 3.50. The molecule has 0 aromatic heterocycles. The lowest BCUT2D eigenvalue weighted by Crippen LogP contribution is -2.20. The van der Waals surface area contributed by atoms with E-state index in [1.54, 1.807) is 0 Å². The summed E-state index contributed by atoms with van der Waals surface area (Å²) in [7, 11) is 0. The molecule has 1 aliphatic rings. The molecule has 1 atom stereocenters. The third-order valence-corrected chi connectivity index (χ3v) is 4.58. The van der Waals surface area contributed by atoms with Gasteiger partial charge >= 0.3 is 0 Å². The highest BCUT2D eigenvalue weighted by Gasteiger charge is 2.24. The summed E-state index contributed by atoms with van der Waals surface area (Å²) in [5, 5.41) is 13.8. The van der Waals surface area contributed by atoms with Crippen molar-refractivity contribution in [2.24, 2.45) is 0 Å². The summed E-state index contributed by atoms with van der Waals surface area (Å²) in [6.07, 6.45) is 2.92. The maximum absolute atomic E-state index is 10.3. The molecular weight excluding hydrogens is 272 g/mol. The van der Waals surface area contributed by atoms with Crippen molar-refractivity contribution in [3.8, 4) is 5.75 Å². The fraction of sp³-hybridized carbons (Fsp3) is 0.368. The van der Waals surface area contributed by atoms with E-state index in [1.807, 2.05) is 12.1 Å². The number of fused-ring (bicyclic) bond motifs is 1. The van der Waals surface area contributed by atoms with Crippen molar-refractivity contribution in [3.05, 3.63) is 58.7 Å². The van der Waals surface area contributed by atoms with Crippen LogP contribution in [-0.2, 0) is 12.8 Å². The second kappa shape index (κ2) is 6.41. The Morgan fingerprint density at radius 1 is 1.27 bits per heavy atom. The normalized spacial score (nSPS) is 17.8. The van der Waals surface area contributed by atoms with E-state index in [4.69, 9.17) is 5.73 Å². The van der Waals surface area contributed by atoms with Gasteiger partial charge in [0, 0.05) is 12.5 Å². The molecule has 0 saturated carbocycles. The summed E-state index contributed by atoms with van der Waals surface area (Å²) in [6.45, 7) is 4.00. The van der Waals surface area contributed by atoms with Gasteiger partial charge in [-0.1, -0.05) is 43.7 Å². The van der Waals surface area contributed by atoms with Crippen LogP contribution in [0.15, 0.2) is 36.4 Å². The van der Waals surface area contributed by atoms with E-state index in [0.29, 0.717) is 5.69 Å². The van der Waals surface area contributed by atoms with Gasteiger partial charge in [-0.25, -0.2) is 0 Å². The second-order valence-corrected chi connectivity index (χ2v) is 6.02. The van der Waals surface area contributed by atoms with Crippen LogP contribution in [-0.4, -0.2) is 18.2 Å². The molecule has 3 heteroatoms. The summed E-state index contributed by atoms with van der Waals surface area (Å²) < 4.78 is 0. The highest BCUT2D eigenvalue weighted by Crippen LogP contribution is 2.38. The molecule has 0 radical (unpaired) electrons. The van der Waals surface area contributed by atoms with Crippen molar-refractivity contribution < 1.29 is 5.11 Å². The Morgan fingerprint density at radius 2 is 2.05 bits per heavy atom. The number of benzene rings is 2. The second-order valence-electron chi connectivity index (χ2n) is 6.02.